The van der Waals surface area contributed by atoms with Crippen molar-refractivity contribution in [2.24, 2.45) is 0 Å². The zero-order valence-electron chi connectivity index (χ0n) is 18.5. The molecule has 4 aromatic rings. The lowest BCUT2D eigenvalue weighted by Gasteiger charge is -2.15. The van der Waals surface area contributed by atoms with E-state index in [1.807, 2.05) is 0 Å². The van der Waals surface area contributed by atoms with Crippen molar-refractivity contribution in [3.8, 4) is 17.2 Å². The van der Waals surface area contributed by atoms with Crippen molar-refractivity contribution in [2.75, 3.05) is 10.0 Å². The van der Waals surface area contributed by atoms with Crippen LogP contribution in [0.15, 0.2) is 83.8 Å². The second kappa shape index (κ2) is 11.1. The summed E-state index contributed by atoms with van der Waals surface area (Å²) in [4.78, 5) is 12.9. The molecular formula is C25H16Cl4N2O5S. The van der Waals surface area contributed by atoms with Crippen LogP contribution in [0, 0.1) is 0 Å². The zero-order chi connectivity index (χ0) is 26.7. The van der Waals surface area contributed by atoms with E-state index in [0.717, 1.165) is 0 Å². The first-order chi connectivity index (χ1) is 17.5. The van der Waals surface area contributed by atoms with E-state index in [2.05, 4.69) is 10.0 Å². The molecule has 12 heteroatoms. The predicted molar refractivity (Wildman–Crippen MR) is 146 cm³/mol. The van der Waals surface area contributed by atoms with E-state index in [-0.39, 0.29) is 36.9 Å². The first-order valence-corrected chi connectivity index (χ1v) is 13.4. The van der Waals surface area contributed by atoms with Crippen LogP contribution in [-0.2, 0) is 10.0 Å². The van der Waals surface area contributed by atoms with Gasteiger partial charge in [0.1, 0.15) is 11.5 Å². The molecule has 0 aromatic heterocycles. The molecule has 3 N–H and O–H groups in total. The lowest BCUT2D eigenvalue weighted by Crippen LogP contribution is -2.19. The van der Waals surface area contributed by atoms with E-state index >= 15 is 0 Å². The van der Waals surface area contributed by atoms with Gasteiger partial charge in [-0.2, -0.15) is 0 Å². The van der Waals surface area contributed by atoms with Gasteiger partial charge in [0.2, 0.25) is 0 Å². The molecule has 0 saturated carbocycles. The summed E-state index contributed by atoms with van der Waals surface area (Å²) < 4.78 is 34.2. The van der Waals surface area contributed by atoms with Gasteiger partial charge >= 0.3 is 0 Å². The molecule has 0 bridgehead atoms. The number of rotatable bonds is 7. The Morgan fingerprint density at radius 1 is 0.784 bits per heavy atom. The molecular weight excluding hydrogens is 582 g/mol. The number of para-hydroxylation sites is 1. The Morgan fingerprint density at radius 3 is 2.19 bits per heavy atom. The number of benzene rings is 4. The van der Waals surface area contributed by atoms with E-state index in [9.17, 15) is 18.3 Å². The van der Waals surface area contributed by atoms with Gasteiger partial charge in [-0.3, -0.25) is 9.52 Å². The molecule has 0 saturated heterocycles. The lowest BCUT2D eigenvalue weighted by atomic mass is 10.1. The van der Waals surface area contributed by atoms with Crippen molar-refractivity contribution in [2.45, 2.75) is 4.90 Å². The minimum atomic E-state index is -4.12. The summed E-state index contributed by atoms with van der Waals surface area (Å²) >= 11 is 24.0. The van der Waals surface area contributed by atoms with Crippen molar-refractivity contribution in [1.29, 1.82) is 0 Å². The van der Waals surface area contributed by atoms with Crippen LogP contribution in [0.1, 0.15) is 10.4 Å². The van der Waals surface area contributed by atoms with E-state index in [1.54, 1.807) is 24.3 Å². The Bertz CT molecular complexity index is 1600. The maximum atomic E-state index is 13.1. The molecule has 37 heavy (non-hydrogen) atoms. The molecule has 0 atom stereocenters. The van der Waals surface area contributed by atoms with Gasteiger partial charge in [-0.25, -0.2) is 8.42 Å². The van der Waals surface area contributed by atoms with Crippen LogP contribution >= 0.6 is 46.4 Å². The summed E-state index contributed by atoms with van der Waals surface area (Å²) in [5.41, 5.74) is -0.221. The highest BCUT2D eigenvalue weighted by molar-refractivity contribution is 7.92. The van der Waals surface area contributed by atoms with Gasteiger partial charge in [0.25, 0.3) is 15.9 Å². The number of phenols is 1. The normalized spacial score (nSPS) is 11.1. The summed E-state index contributed by atoms with van der Waals surface area (Å²) in [6.45, 7) is 0. The number of amides is 1. The number of anilines is 2. The van der Waals surface area contributed by atoms with Crippen LogP contribution in [0.2, 0.25) is 20.1 Å². The Kier molecular flexibility index (Phi) is 8.06. The van der Waals surface area contributed by atoms with E-state index in [4.69, 9.17) is 51.1 Å². The fourth-order valence-corrected chi connectivity index (χ4v) is 5.11. The Hall–Kier alpha value is -3.14. The van der Waals surface area contributed by atoms with Crippen molar-refractivity contribution in [3.63, 3.8) is 0 Å². The number of hydrogen-bond acceptors (Lipinski definition) is 5. The minimum Gasteiger partial charge on any atom is -0.504 e. The number of carbonyl (C=O) groups excluding carboxylic acids is 1. The summed E-state index contributed by atoms with van der Waals surface area (Å²) in [5.74, 6) is -0.375. The maximum Gasteiger partial charge on any atom is 0.261 e. The molecule has 0 aliphatic rings. The molecule has 0 aliphatic carbocycles. The maximum absolute atomic E-state index is 13.1. The highest BCUT2D eigenvalue weighted by Gasteiger charge is 2.21. The number of phenolic OH excluding ortho intramolecular Hbond substituents is 1. The van der Waals surface area contributed by atoms with Crippen LogP contribution < -0.4 is 14.8 Å². The highest BCUT2D eigenvalue weighted by atomic mass is 35.5. The first-order valence-electron chi connectivity index (χ1n) is 10.4. The smallest absolute Gasteiger partial charge is 0.261 e. The SMILES string of the molecule is O=C(Nc1cc(Cl)cc(Cl)c1O)c1cc(Cl)ccc1NS(=O)(=O)c1ccc(Oc2ccccc2Cl)cc1. The Labute approximate surface area is 232 Å². The molecule has 0 spiro atoms. The van der Waals surface area contributed by atoms with Gasteiger partial charge in [0.15, 0.2) is 5.75 Å². The molecule has 190 valence electrons. The van der Waals surface area contributed by atoms with Crippen molar-refractivity contribution >= 4 is 73.7 Å². The fourth-order valence-electron chi connectivity index (χ4n) is 3.19. The van der Waals surface area contributed by atoms with Gasteiger partial charge in [-0.1, -0.05) is 58.5 Å². The van der Waals surface area contributed by atoms with Gasteiger partial charge in [-0.05, 0) is 66.7 Å². The van der Waals surface area contributed by atoms with E-state index in [1.165, 1.54) is 54.6 Å². The number of hydrogen-bond donors (Lipinski definition) is 3. The number of nitrogens with one attached hydrogen (secondary N) is 2. The molecule has 1 amide bonds. The predicted octanol–water partition coefficient (Wildman–Crippen LogP) is 7.85. The van der Waals surface area contributed by atoms with Crippen LogP contribution in [0.5, 0.6) is 17.2 Å². The van der Waals surface area contributed by atoms with Crippen LogP contribution in [0.4, 0.5) is 11.4 Å². The minimum absolute atomic E-state index is 0.0501. The average Bonchev–Trinajstić information content (AvgIpc) is 2.85. The third kappa shape index (κ3) is 6.41. The molecule has 0 aliphatic heterocycles. The zero-order valence-corrected chi connectivity index (χ0v) is 22.3. The van der Waals surface area contributed by atoms with Gasteiger partial charge in [0.05, 0.1) is 31.9 Å². The fraction of sp³-hybridized carbons (Fsp3) is 0. The molecule has 4 rings (SSSR count). The molecule has 4 aromatic carbocycles. The first kappa shape index (κ1) is 26.9. The van der Waals surface area contributed by atoms with Crippen molar-refractivity contribution in [3.05, 3.63) is 105 Å². The summed E-state index contributed by atoms with van der Waals surface area (Å²) in [6.07, 6.45) is 0. The number of carbonyl (C=O) groups is 1. The number of sulfonamides is 1. The van der Waals surface area contributed by atoms with E-state index in [0.29, 0.717) is 16.5 Å². The summed E-state index contributed by atoms with van der Waals surface area (Å²) in [5, 5.41) is 13.3. The lowest BCUT2D eigenvalue weighted by molar-refractivity contribution is 0.102. The molecule has 7 nitrogen and oxygen atoms in total. The molecule has 0 unspecified atom stereocenters. The van der Waals surface area contributed by atoms with Crippen molar-refractivity contribution in [1.82, 2.24) is 0 Å². The number of halogens is 4. The third-order valence-corrected chi connectivity index (χ3v) is 7.38. The highest BCUT2D eigenvalue weighted by Crippen LogP contribution is 2.36. The number of aromatic hydroxyl groups is 1. The Balaban J connectivity index is 1.57. The molecule has 0 fully saturated rings. The largest absolute Gasteiger partial charge is 0.504 e. The summed E-state index contributed by atoms with van der Waals surface area (Å²) in [7, 11) is -4.12. The van der Waals surface area contributed by atoms with Gasteiger partial charge < -0.3 is 15.2 Å². The van der Waals surface area contributed by atoms with Crippen molar-refractivity contribution < 1.29 is 23.1 Å². The Morgan fingerprint density at radius 2 is 1.49 bits per heavy atom. The quantitative estimate of drug-likeness (QED) is 0.188. The molecule has 0 radical (unpaired) electrons. The van der Waals surface area contributed by atoms with E-state index < -0.39 is 21.7 Å². The van der Waals surface area contributed by atoms with Crippen LogP contribution in [-0.4, -0.2) is 19.4 Å². The summed E-state index contributed by atoms with van der Waals surface area (Å²) in [6, 6.07) is 19.1. The third-order valence-electron chi connectivity index (χ3n) is 4.95. The van der Waals surface area contributed by atoms with Crippen LogP contribution in [0.3, 0.4) is 0 Å². The molecule has 0 heterocycles. The topological polar surface area (TPSA) is 105 Å². The van der Waals surface area contributed by atoms with Gasteiger partial charge in [-0.15, -0.1) is 0 Å². The monoisotopic (exact) mass is 596 g/mol. The van der Waals surface area contributed by atoms with Gasteiger partial charge in [0, 0.05) is 10.0 Å². The van der Waals surface area contributed by atoms with Crippen LogP contribution in [0.25, 0.3) is 0 Å². The standard InChI is InChI=1S/C25H16Cl4N2O5S/c26-14-5-10-21(18(11-14)25(33)30-22-13-15(27)12-20(29)24(22)32)31-37(34,35)17-8-6-16(7-9-17)36-23-4-2-1-3-19(23)28/h1-13,31-32H,(H,30,33). The second-order valence-corrected chi connectivity index (χ2v) is 10.9. The second-order valence-electron chi connectivity index (χ2n) is 7.54. The number of ether oxygens (including phenoxy) is 1. The average molecular weight is 598 g/mol.